The van der Waals surface area contributed by atoms with Crippen LogP contribution in [-0.4, -0.2) is 24.8 Å². The van der Waals surface area contributed by atoms with Crippen LogP contribution in [0.1, 0.15) is 5.56 Å². The van der Waals surface area contributed by atoms with E-state index in [9.17, 15) is 9.59 Å². The molecule has 0 aliphatic rings. The molecule has 7 heteroatoms. The fourth-order valence-corrected chi connectivity index (χ4v) is 2.03. The molecular formula is C16H19N3O4. The Hall–Kier alpha value is -2.96. The monoisotopic (exact) mass is 317 g/mol. The number of rotatable bonds is 5. The first kappa shape index (κ1) is 16.4. The third-order valence-electron chi connectivity index (χ3n) is 3.27. The molecule has 23 heavy (non-hydrogen) atoms. The van der Waals surface area contributed by atoms with Crippen molar-refractivity contribution in [2.45, 2.75) is 6.54 Å². The second kappa shape index (κ2) is 7.35. The van der Waals surface area contributed by atoms with Gasteiger partial charge in [0.1, 0.15) is 5.69 Å². The maximum Gasteiger partial charge on any atom is 0.319 e. The Morgan fingerprint density at radius 3 is 2.61 bits per heavy atom. The molecule has 7 nitrogen and oxygen atoms in total. The van der Waals surface area contributed by atoms with Gasteiger partial charge in [-0.2, -0.15) is 0 Å². The SMILES string of the molecule is COc1ccc(CNC(=O)Nc2cccn(C)c2=O)cc1OC. The minimum atomic E-state index is -0.455. The Bertz CT molecular complexity index is 755. The lowest BCUT2D eigenvalue weighted by molar-refractivity contribution is 0.251. The van der Waals surface area contributed by atoms with Crippen molar-refractivity contribution in [1.29, 1.82) is 0 Å². The van der Waals surface area contributed by atoms with Crippen LogP contribution < -0.4 is 25.7 Å². The number of carbonyl (C=O) groups is 1. The largest absolute Gasteiger partial charge is 0.493 e. The van der Waals surface area contributed by atoms with Crippen molar-refractivity contribution < 1.29 is 14.3 Å². The minimum Gasteiger partial charge on any atom is -0.493 e. The summed E-state index contributed by atoms with van der Waals surface area (Å²) >= 11 is 0. The Morgan fingerprint density at radius 1 is 1.17 bits per heavy atom. The number of hydrogen-bond acceptors (Lipinski definition) is 4. The zero-order valence-corrected chi connectivity index (χ0v) is 13.3. The minimum absolute atomic E-state index is 0.222. The van der Waals surface area contributed by atoms with E-state index in [-0.39, 0.29) is 11.2 Å². The molecule has 122 valence electrons. The number of benzene rings is 1. The van der Waals surface area contributed by atoms with E-state index in [0.717, 1.165) is 5.56 Å². The Labute approximate surface area is 133 Å². The Kier molecular flexibility index (Phi) is 5.24. The van der Waals surface area contributed by atoms with Crippen molar-refractivity contribution in [3.63, 3.8) is 0 Å². The van der Waals surface area contributed by atoms with Crippen molar-refractivity contribution in [3.05, 3.63) is 52.4 Å². The number of pyridine rings is 1. The summed E-state index contributed by atoms with van der Waals surface area (Å²) in [5.74, 6) is 1.21. The van der Waals surface area contributed by atoms with Crippen LogP contribution >= 0.6 is 0 Å². The molecule has 1 aromatic heterocycles. The van der Waals surface area contributed by atoms with Crippen LogP contribution in [0.15, 0.2) is 41.3 Å². The number of hydrogen-bond donors (Lipinski definition) is 2. The first-order valence-corrected chi connectivity index (χ1v) is 6.96. The van der Waals surface area contributed by atoms with Gasteiger partial charge >= 0.3 is 6.03 Å². The lowest BCUT2D eigenvalue weighted by atomic mass is 10.2. The maximum atomic E-state index is 11.9. The van der Waals surface area contributed by atoms with Crippen molar-refractivity contribution >= 4 is 11.7 Å². The summed E-state index contributed by atoms with van der Waals surface area (Å²) in [6.07, 6.45) is 1.62. The van der Waals surface area contributed by atoms with E-state index in [1.807, 2.05) is 6.07 Å². The van der Waals surface area contributed by atoms with E-state index in [4.69, 9.17) is 9.47 Å². The standard InChI is InChI=1S/C16H19N3O4/c1-19-8-4-5-12(15(19)20)18-16(21)17-10-11-6-7-13(22-2)14(9-11)23-3/h4-9H,10H2,1-3H3,(H2,17,18,21). The zero-order chi connectivity index (χ0) is 16.8. The highest BCUT2D eigenvalue weighted by Crippen LogP contribution is 2.27. The molecule has 2 amide bonds. The quantitative estimate of drug-likeness (QED) is 0.880. The predicted octanol–water partition coefficient (Wildman–Crippen LogP) is 1.72. The van der Waals surface area contributed by atoms with E-state index >= 15 is 0 Å². The van der Waals surface area contributed by atoms with Gasteiger partial charge in [0.05, 0.1) is 14.2 Å². The second-order valence-corrected chi connectivity index (χ2v) is 4.83. The molecule has 0 aliphatic carbocycles. The van der Waals surface area contributed by atoms with Crippen LogP contribution in [0.5, 0.6) is 11.5 Å². The summed E-state index contributed by atoms with van der Waals surface area (Å²) in [5.41, 5.74) is 0.798. The van der Waals surface area contributed by atoms with E-state index in [1.165, 1.54) is 4.57 Å². The first-order chi connectivity index (χ1) is 11.0. The lowest BCUT2D eigenvalue weighted by Crippen LogP contribution is -2.31. The van der Waals surface area contributed by atoms with E-state index < -0.39 is 6.03 Å². The topological polar surface area (TPSA) is 81.6 Å². The van der Waals surface area contributed by atoms with Gasteiger partial charge in [-0.05, 0) is 29.8 Å². The van der Waals surface area contributed by atoms with Crippen molar-refractivity contribution in [1.82, 2.24) is 9.88 Å². The average Bonchev–Trinajstić information content (AvgIpc) is 2.56. The van der Waals surface area contributed by atoms with Crippen LogP contribution in [0.2, 0.25) is 0 Å². The van der Waals surface area contributed by atoms with Gasteiger partial charge < -0.3 is 24.7 Å². The third-order valence-corrected chi connectivity index (χ3v) is 3.27. The van der Waals surface area contributed by atoms with Crippen LogP contribution in [-0.2, 0) is 13.6 Å². The average molecular weight is 317 g/mol. The molecular weight excluding hydrogens is 298 g/mol. The number of urea groups is 1. The smallest absolute Gasteiger partial charge is 0.319 e. The number of anilines is 1. The second-order valence-electron chi connectivity index (χ2n) is 4.83. The van der Waals surface area contributed by atoms with Crippen LogP contribution in [0.3, 0.4) is 0 Å². The summed E-state index contributed by atoms with van der Waals surface area (Å²) in [7, 11) is 4.73. The van der Waals surface area contributed by atoms with Gasteiger partial charge in [-0.1, -0.05) is 6.07 Å². The molecule has 1 heterocycles. The highest BCUT2D eigenvalue weighted by atomic mass is 16.5. The van der Waals surface area contributed by atoms with Crippen LogP contribution in [0.25, 0.3) is 0 Å². The Balaban J connectivity index is 1.99. The van der Waals surface area contributed by atoms with Gasteiger partial charge in [0.2, 0.25) is 0 Å². The number of aromatic nitrogens is 1. The van der Waals surface area contributed by atoms with Crippen molar-refractivity contribution in [2.24, 2.45) is 7.05 Å². The summed E-state index contributed by atoms with van der Waals surface area (Å²) in [5, 5.41) is 5.22. The normalized spacial score (nSPS) is 10.0. The molecule has 0 radical (unpaired) electrons. The molecule has 0 saturated heterocycles. The first-order valence-electron chi connectivity index (χ1n) is 6.96. The molecule has 2 aromatic rings. The Morgan fingerprint density at radius 2 is 1.91 bits per heavy atom. The highest BCUT2D eigenvalue weighted by molar-refractivity contribution is 5.88. The number of methoxy groups -OCH3 is 2. The molecule has 2 rings (SSSR count). The maximum absolute atomic E-state index is 11.9. The van der Waals surface area contributed by atoms with Crippen LogP contribution in [0, 0.1) is 0 Å². The number of nitrogens with one attached hydrogen (secondary N) is 2. The molecule has 0 atom stereocenters. The lowest BCUT2D eigenvalue weighted by Gasteiger charge is -2.11. The fourth-order valence-electron chi connectivity index (χ4n) is 2.03. The molecule has 1 aromatic carbocycles. The van der Waals surface area contributed by atoms with Gasteiger partial charge in [0.15, 0.2) is 11.5 Å². The van der Waals surface area contributed by atoms with Crippen LogP contribution in [0.4, 0.5) is 10.5 Å². The predicted molar refractivity (Wildman–Crippen MR) is 87.1 cm³/mol. The summed E-state index contributed by atoms with van der Waals surface area (Å²) in [4.78, 5) is 23.7. The summed E-state index contributed by atoms with van der Waals surface area (Å²) in [6.45, 7) is 0.291. The van der Waals surface area contributed by atoms with Gasteiger partial charge in [-0.25, -0.2) is 4.79 Å². The highest BCUT2D eigenvalue weighted by Gasteiger charge is 2.08. The zero-order valence-electron chi connectivity index (χ0n) is 13.3. The molecule has 0 unspecified atom stereocenters. The number of aryl methyl sites for hydroxylation is 1. The summed E-state index contributed by atoms with van der Waals surface area (Å²) in [6, 6.07) is 8.15. The molecule has 0 fully saturated rings. The fraction of sp³-hybridized carbons (Fsp3) is 0.250. The van der Waals surface area contributed by atoms with Gasteiger partial charge in [-0.3, -0.25) is 4.79 Å². The molecule has 0 saturated carbocycles. The number of carbonyl (C=O) groups excluding carboxylic acids is 1. The molecule has 0 bridgehead atoms. The molecule has 0 spiro atoms. The number of ether oxygens (including phenoxy) is 2. The number of nitrogens with zero attached hydrogens (tertiary/aromatic N) is 1. The van der Waals surface area contributed by atoms with Gasteiger partial charge in [0.25, 0.3) is 5.56 Å². The third kappa shape index (κ3) is 4.03. The van der Waals surface area contributed by atoms with E-state index in [1.54, 1.807) is 51.7 Å². The number of amides is 2. The summed E-state index contributed by atoms with van der Waals surface area (Å²) < 4.78 is 11.8. The van der Waals surface area contributed by atoms with Crippen molar-refractivity contribution in [3.8, 4) is 11.5 Å². The van der Waals surface area contributed by atoms with E-state index in [2.05, 4.69) is 10.6 Å². The van der Waals surface area contributed by atoms with Gasteiger partial charge in [-0.15, -0.1) is 0 Å². The van der Waals surface area contributed by atoms with E-state index in [0.29, 0.717) is 18.0 Å². The molecule has 0 aliphatic heterocycles. The van der Waals surface area contributed by atoms with Crippen molar-refractivity contribution in [2.75, 3.05) is 19.5 Å². The van der Waals surface area contributed by atoms with Gasteiger partial charge in [0, 0.05) is 19.8 Å². The molecule has 2 N–H and O–H groups in total.